The molecule has 0 unspecified atom stereocenters. The fourth-order valence-corrected chi connectivity index (χ4v) is 7.37. The van der Waals surface area contributed by atoms with Crippen molar-refractivity contribution in [3.05, 3.63) is 29.8 Å². The van der Waals surface area contributed by atoms with E-state index in [9.17, 15) is 12.8 Å². The smallest absolute Gasteiger partial charge is 0.243 e. The summed E-state index contributed by atoms with van der Waals surface area (Å²) in [4.78, 5) is 2.67. The lowest BCUT2D eigenvalue weighted by Crippen LogP contribution is -2.65. The molecule has 0 aromatic heterocycles. The molecular formula is C20H26FN3O2S. The number of hydrogen-bond donors (Lipinski definition) is 0. The van der Waals surface area contributed by atoms with Gasteiger partial charge in [-0.25, -0.2) is 8.42 Å². The van der Waals surface area contributed by atoms with Crippen LogP contribution in [0.25, 0.3) is 0 Å². The van der Waals surface area contributed by atoms with Crippen molar-refractivity contribution < 1.29 is 12.8 Å². The van der Waals surface area contributed by atoms with Crippen molar-refractivity contribution in [3.63, 3.8) is 0 Å². The van der Waals surface area contributed by atoms with Gasteiger partial charge >= 0.3 is 0 Å². The Morgan fingerprint density at radius 1 is 1.22 bits per heavy atom. The third-order valence-corrected chi connectivity index (χ3v) is 8.49. The van der Waals surface area contributed by atoms with E-state index in [4.69, 9.17) is 5.26 Å². The van der Waals surface area contributed by atoms with Gasteiger partial charge in [0.25, 0.3) is 0 Å². The van der Waals surface area contributed by atoms with E-state index in [0.29, 0.717) is 24.1 Å². The van der Waals surface area contributed by atoms with Gasteiger partial charge in [0, 0.05) is 18.6 Å². The van der Waals surface area contributed by atoms with E-state index >= 15 is 0 Å². The first-order chi connectivity index (χ1) is 13.1. The van der Waals surface area contributed by atoms with Crippen LogP contribution in [-0.2, 0) is 10.0 Å². The minimum Gasteiger partial charge on any atom is -0.300 e. The van der Waals surface area contributed by atoms with Crippen molar-refractivity contribution in [1.82, 2.24) is 9.21 Å². The summed E-state index contributed by atoms with van der Waals surface area (Å²) in [6.07, 6.45) is 4.39. The lowest BCUT2D eigenvalue weighted by molar-refractivity contribution is -0.0530. The van der Waals surface area contributed by atoms with E-state index in [1.54, 1.807) is 22.5 Å². The molecule has 1 aromatic rings. The molecule has 0 aliphatic carbocycles. The maximum atomic E-state index is 13.5. The SMILES string of the molecule is N#Cc1cccc(S(=O)(=O)N2C[C@@H]3CCCN4CCC[C@@H]([C@H]34)[C@H]2CCF)c1. The van der Waals surface area contributed by atoms with Gasteiger partial charge < -0.3 is 0 Å². The first-order valence-corrected chi connectivity index (χ1v) is 11.3. The topological polar surface area (TPSA) is 64.4 Å². The van der Waals surface area contributed by atoms with Gasteiger partial charge in [-0.05, 0) is 75.2 Å². The Morgan fingerprint density at radius 2 is 2.00 bits per heavy atom. The van der Waals surface area contributed by atoms with Gasteiger partial charge in [0.1, 0.15) is 0 Å². The minimum absolute atomic E-state index is 0.146. The number of halogens is 1. The Hall–Kier alpha value is -1.49. The predicted molar refractivity (Wildman–Crippen MR) is 100 cm³/mol. The van der Waals surface area contributed by atoms with Crippen LogP contribution in [0.4, 0.5) is 4.39 Å². The molecule has 0 N–H and O–H groups in total. The van der Waals surface area contributed by atoms with Crippen LogP contribution in [0.3, 0.4) is 0 Å². The molecule has 0 bridgehead atoms. The van der Waals surface area contributed by atoms with Crippen molar-refractivity contribution in [1.29, 1.82) is 5.26 Å². The predicted octanol–water partition coefficient (Wildman–Crippen LogP) is 2.78. The number of rotatable bonds is 4. The molecule has 0 amide bonds. The summed E-state index contributed by atoms with van der Waals surface area (Å²) in [5.74, 6) is 0.510. The zero-order chi connectivity index (χ0) is 19.0. The van der Waals surface area contributed by atoms with Gasteiger partial charge in [0.2, 0.25) is 10.0 Å². The standard InChI is InChI=1S/C20H26FN3O2S/c21-9-8-19-18-7-3-11-23-10-2-5-16(20(18)23)14-24(19)27(25,26)17-6-1-4-15(12-17)13-22/h1,4,6,12,16,18-20H,2-3,5,7-11,14H2/t16-,18+,19+,20-/m0/s1. The van der Waals surface area contributed by atoms with E-state index in [2.05, 4.69) is 4.90 Å². The van der Waals surface area contributed by atoms with Gasteiger partial charge in [0.15, 0.2) is 0 Å². The molecule has 146 valence electrons. The average molecular weight is 392 g/mol. The lowest BCUT2D eigenvalue weighted by atomic mass is 9.70. The normalized spacial score (nSPS) is 31.9. The van der Waals surface area contributed by atoms with Crippen LogP contribution in [0, 0.1) is 23.2 Å². The van der Waals surface area contributed by atoms with Crippen LogP contribution < -0.4 is 0 Å². The van der Waals surface area contributed by atoms with Crippen LogP contribution in [0.15, 0.2) is 29.2 Å². The van der Waals surface area contributed by atoms with Crippen molar-refractivity contribution in [2.45, 2.75) is 49.1 Å². The van der Waals surface area contributed by atoms with E-state index in [1.807, 2.05) is 6.07 Å². The minimum atomic E-state index is -3.76. The highest BCUT2D eigenvalue weighted by Crippen LogP contribution is 2.44. The van der Waals surface area contributed by atoms with Crippen molar-refractivity contribution in [2.75, 3.05) is 26.3 Å². The maximum absolute atomic E-state index is 13.5. The van der Waals surface area contributed by atoms with Crippen LogP contribution in [0.2, 0.25) is 0 Å². The number of hydrogen-bond acceptors (Lipinski definition) is 4. The van der Waals surface area contributed by atoms with Crippen LogP contribution >= 0.6 is 0 Å². The second kappa shape index (κ2) is 7.50. The van der Waals surface area contributed by atoms with Gasteiger partial charge in [-0.3, -0.25) is 9.29 Å². The molecule has 3 fully saturated rings. The van der Waals surface area contributed by atoms with Crippen LogP contribution in [-0.4, -0.2) is 56.0 Å². The summed E-state index contributed by atoms with van der Waals surface area (Å²) in [6, 6.07) is 8.28. The summed E-state index contributed by atoms with van der Waals surface area (Å²) in [5, 5.41) is 9.13. The van der Waals surface area contributed by atoms with Crippen LogP contribution in [0.1, 0.15) is 37.7 Å². The highest BCUT2D eigenvalue weighted by atomic mass is 32.2. The number of nitriles is 1. The molecule has 27 heavy (non-hydrogen) atoms. The fraction of sp³-hybridized carbons (Fsp3) is 0.650. The summed E-state index contributed by atoms with van der Waals surface area (Å²) < 4.78 is 41.9. The monoisotopic (exact) mass is 391 g/mol. The highest BCUT2D eigenvalue weighted by molar-refractivity contribution is 7.89. The molecule has 4 rings (SSSR count). The Morgan fingerprint density at radius 3 is 2.74 bits per heavy atom. The fourth-order valence-electron chi connectivity index (χ4n) is 5.56. The number of alkyl halides is 1. The first-order valence-electron chi connectivity index (χ1n) is 9.88. The van der Waals surface area contributed by atoms with Gasteiger partial charge in [-0.1, -0.05) is 6.07 Å². The molecule has 5 nitrogen and oxygen atoms in total. The van der Waals surface area contributed by atoms with E-state index < -0.39 is 16.7 Å². The van der Waals surface area contributed by atoms with Crippen LogP contribution in [0.5, 0.6) is 0 Å². The molecule has 0 saturated carbocycles. The molecule has 4 atom stereocenters. The third-order valence-electron chi connectivity index (χ3n) is 6.60. The molecule has 1 aromatic carbocycles. The van der Waals surface area contributed by atoms with Gasteiger partial charge in [-0.2, -0.15) is 9.57 Å². The molecular weight excluding hydrogens is 365 g/mol. The third kappa shape index (κ3) is 3.28. The van der Waals surface area contributed by atoms with E-state index in [1.165, 1.54) is 6.07 Å². The molecule has 3 aliphatic heterocycles. The number of sulfonamides is 1. The Labute approximate surface area is 160 Å². The van der Waals surface area contributed by atoms with E-state index in [-0.39, 0.29) is 23.3 Å². The van der Waals surface area contributed by atoms with Gasteiger partial charge in [0.05, 0.1) is 23.2 Å². The Kier molecular flexibility index (Phi) is 5.23. The molecule has 0 radical (unpaired) electrons. The molecule has 3 saturated heterocycles. The largest absolute Gasteiger partial charge is 0.300 e. The van der Waals surface area contributed by atoms with Crippen molar-refractivity contribution in [2.24, 2.45) is 11.8 Å². The quantitative estimate of drug-likeness (QED) is 0.792. The summed E-state index contributed by atoms with van der Waals surface area (Å²) in [7, 11) is -3.76. The maximum Gasteiger partial charge on any atom is 0.243 e. The second-order valence-electron chi connectivity index (χ2n) is 7.99. The zero-order valence-corrected chi connectivity index (χ0v) is 16.2. The molecule has 3 heterocycles. The zero-order valence-electron chi connectivity index (χ0n) is 15.4. The lowest BCUT2D eigenvalue weighted by Gasteiger charge is -2.56. The number of nitrogens with zero attached hydrogens (tertiary/aromatic N) is 3. The summed E-state index contributed by atoms with van der Waals surface area (Å²) in [5.41, 5.74) is 0.328. The Bertz CT molecular complexity index is 836. The summed E-state index contributed by atoms with van der Waals surface area (Å²) >= 11 is 0. The number of benzene rings is 1. The van der Waals surface area contributed by atoms with Crippen molar-refractivity contribution in [3.8, 4) is 6.07 Å². The average Bonchev–Trinajstić information content (AvgIpc) is 2.70. The second-order valence-corrected chi connectivity index (χ2v) is 9.88. The summed E-state index contributed by atoms with van der Waals surface area (Å²) in [6.45, 7) is 2.11. The first kappa shape index (κ1) is 18.9. The highest BCUT2D eigenvalue weighted by Gasteiger charge is 2.51. The molecule has 0 spiro atoms. The molecule has 3 aliphatic rings. The molecule has 7 heteroatoms. The van der Waals surface area contributed by atoms with Gasteiger partial charge in [-0.15, -0.1) is 0 Å². The number of piperidine rings is 3. The Balaban J connectivity index is 1.72. The van der Waals surface area contributed by atoms with Crippen molar-refractivity contribution >= 4 is 10.0 Å². The van der Waals surface area contributed by atoms with E-state index in [0.717, 1.165) is 38.8 Å².